The Morgan fingerprint density at radius 2 is 2.00 bits per heavy atom. The van der Waals surface area contributed by atoms with E-state index in [-0.39, 0.29) is 0 Å². The molecule has 0 aromatic carbocycles. The van der Waals surface area contributed by atoms with Gasteiger partial charge in [-0.2, -0.15) is 0 Å². The third-order valence-corrected chi connectivity index (χ3v) is 1.87. The summed E-state index contributed by atoms with van der Waals surface area (Å²) in [5, 5.41) is 0. The number of rotatable bonds is 2. The second-order valence-corrected chi connectivity index (χ2v) is 2.67. The predicted molar refractivity (Wildman–Crippen MR) is 48.6 cm³/mol. The lowest BCUT2D eigenvalue weighted by Gasteiger charge is -2.04. The lowest BCUT2D eigenvalue weighted by Crippen LogP contribution is -1.87. The summed E-state index contributed by atoms with van der Waals surface area (Å²) in [6.45, 7) is 2.02. The first-order chi connectivity index (χ1) is 5.77. The Bertz CT molecular complexity index is 247. The van der Waals surface area contributed by atoms with Crippen molar-refractivity contribution in [3.8, 4) is 0 Å². The fraction of sp³-hybridized carbons (Fsp3) is 0.400. The molecule has 0 bridgehead atoms. The molecule has 0 aromatic rings. The summed E-state index contributed by atoms with van der Waals surface area (Å²) in [5.41, 5.74) is 1.12. The summed E-state index contributed by atoms with van der Waals surface area (Å²) in [5.74, 6) is 1.87. The van der Waals surface area contributed by atoms with E-state index in [0.29, 0.717) is 0 Å². The Morgan fingerprint density at radius 3 is 2.58 bits per heavy atom. The van der Waals surface area contributed by atoms with Gasteiger partial charge in [0.15, 0.2) is 0 Å². The molecule has 2 nitrogen and oxygen atoms in total. The molecule has 0 aliphatic heterocycles. The monoisotopic (exact) mass is 166 g/mol. The van der Waals surface area contributed by atoms with Crippen molar-refractivity contribution >= 4 is 0 Å². The van der Waals surface area contributed by atoms with Crippen molar-refractivity contribution in [1.29, 1.82) is 0 Å². The van der Waals surface area contributed by atoms with Crippen molar-refractivity contribution in [2.24, 2.45) is 0 Å². The van der Waals surface area contributed by atoms with Crippen LogP contribution >= 0.6 is 0 Å². The van der Waals surface area contributed by atoms with Crippen LogP contribution in [0.1, 0.15) is 13.3 Å². The summed E-state index contributed by atoms with van der Waals surface area (Å²) in [4.78, 5) is 0. The van der Waals surface area contributed by atoms with Crippen LogP contribution in [-0.4, -0.2) is 14.2 Å². The molecule has 0 atom stereocenters. The predicted octanol–water partition coefficient (Wildman–Crippen LogP) is 2.40. The zero-order chi connectivity index (χ0) is 8.97. The van der Waals surface area contributed by atoms with Gasteiger partial charge in [0.25, 0.3) is 0 Å². The van der Waals surface area contributed by atoms with Crippen LogP contribution in [0.15, 0.2) is 35.3 Å². The van der Waals surface area contributed by atoms with Gasteiger partial charge in [-0.25, -0.2) is 0 Å². The number of ether oxygens (including phenoxy) is 2. The van der Waals surface area contributed by atoms with Gasteiger partial charge in [-0.05, 0) is 24.6 Å². The number of methoxy groups -OCH3 is 2. The Hall–Kier alpha value is -1.18. The zero-order valence-electron chi connectivity index (χ0n) is 7.76. The average Bonchev–Trinajstić information content (AvgIpc) is 2.26. The highest BCUT2D eigenvalue weighted by Gasteiger charge is 2.03. The fourth-order valence-corrected chi connectivity index (χ4v) is 1.16. The maximum atomic E-state index is 5.20. The van der Waals surface area contributed by atoms with Crippen LogP contribution in [0.3, 0.4) is 0 Å². The first kappa shape index (κ1) is 8.91. The molecule has 0 aromatic heterocycles. The van der Waals surface area contributed by atoms with Crippen molar-refractivity contribution in [2.75, 3.05) is 14.2 Å². The lowest BCUT2D eigenvalue weighted by molar-refractivity contribution is 0.281. The molecule has 2 heteroatoms. The highest BCUT2D eigenvalue weighted by atomic mass is 16.5. The van der Waals surface area contributed by atoms with Crippen LogP contribution in [0.2, 0.25) is 0 Å². The van der Waals surface area contributed by atoms with Gasteiger partial charge in [0.1, 0.15) is 11.5 Å². The Morgan fingerprint density at radius 1 is 1.25 bits per heavy atom. The molecule has 0 fully saturated rings. The quantitative estimate of drug-likeness (QED) is 0.627. The Balaban J connectivity index is 2.91. The third-order valence-electron chi connectivity index (χ3n) is 1.87. The minimum atomic E-state index is 0.839. The Kier molecular flexibility index (Phi) is 2.97. The van der Waals surface area contributed by atoms with Gasteiger partial charge in [0, 0.05) is 6.42 Å². The smallest absolute Gasteiger partial charge is 0.118 e. The maximum Gasteiger partial charge on any atom is 0.118 e. The van der Waals surface area contributed by atoms with Gasteiger partial charge in [-0.3, -0.25) is 0 Å². The summed E-state index contributed by atoms with van der Waals surface area (Å²) in [6, 6.07) is 0. The minimum absolute atomic E-state index is 0.839. The van der Waals surface area contributed by atoms with E-state index in [4.69, 9.17) is 9.47 Å². The molecule has 0 N–H and O–H groups in total. The molecule has 0 saturated heterocycles. The first-order valence-electron chi connectivity index (χ1n) is 3.94. The molecular formula is C10H14O2. The third kappa shape index (κ3) is 1.91. The molecule has 12 heavy (non-hydrogen) atoms. The highest BCUT2D eigenvalue weighted by molar-refractivity contribution is 5.31. The van der Waals surface area contributed by atoms with E-state index in [1.54, 1.807) is 14.2 Å². The second-order valence-electron chi connectivity index (χ2n) is 2.67. The van der Waals surface area contributed by atoms with Crippen molar-refractivity contribution in [2.45, 2.75) is 13.3 Å². The van der Waals surface area contributed by atoms with E-state index in [2.05, 4.69) is 0 Å². The molecule has 1 rings (SSSR count). The van der Waals surface area contributed by atoms with Crippen LogP contribution in [0.4, 0.5) is 0 Å². The Labute approximate surface area is 73.2 Å². The van der Waals surface area contributed by atoms with E-state index in [0.717, 1.165) is 23.5 Å². The molecule has 1 aliphatic carbocycles. The fourth-order valence-electron chi connectivity index (χ4n) is 1.16. The van der Waals surface area contributed by atoms with Crippen LogP contribution < -0.4 is 0 Å². The molecule has 1 aliphatic rings. The van der Waals surface area contributed by atoms with Gasteiger partial charge in [0.2, 0.25) is 0 Å². The number of hydrogen-bond donors (Lipinski definition) is 0. The van der Waals surface area contributed by atoms with Crippen LogP contribution in [0, 0.1) is 0 Å². The van der Waals surface area contributed by atoms with E-state index >= 15 is 0 Å². The van der Waals surface area contributed by atoms with E-state index in [1.165, 1.54) is 0 Å². The highest BCUT2D eigenvalue weighted by Crippen LogP contribution is 2.18. The molecule has 0 heterocycles. The zero-order valence-corrected chi connectivity index (χ0v) is 7.76. The van der Waals surface area contributed by atoms with Crippen molar-refractivity contribution in [3.63, 3.8) is 0 Å². The standard InChI is InChI=1S/C10H14O2/c1-8-7-9(11-2)5-4-6-10(8)12-3/h4-5,7H,6H2,1-3H3. The first-order valence-corrected chi connectivity index (χ1v) is 3.94. The van der Waals surface area contributed by atoms with Crippen LogP contribution in [0.5, 0.6) is 0 Å². The molecular weight excluding hydrogens is 152 g/mol. The van der Waals surface area contributed by atoms with Gasteiger partial charge in [0.05, 0.1) is 14.2 Å². The topological polar surface area (TPSA) is 18.5 Å². The normalized spacial score (nSPS) is 17.1. The van der Waals surface area contributed by atoms with Gasteiger partial charge in [-0.1, -0.05) is 6.08 Å². The molecule has 0 radical (unpaired) electrons. The minimum Gasteiger partial charge on any atom is -0.500 e. The second kappa shape index (κ2) is 4.00. The summed E-state index contributed by atoms with van der Waals surface area (Å²) < 4.78 is 10.3. The van der Waals surface area contributed by atoms with E-state index in [9.17, 15) is 0 Å². The van der Waals surface area contributed by atoms with Crippen molar-refractivity contribution in [3.05, 3.63) is 35.3 Å². The van der Waals surface area contributed by atoms with Crippen LogP contribution in [-0.2, 0) is 9.47 Å². The van der Waals surface area contributed by atoms with Crippen LogP contribution in [0.25, 0.3) is 0 Å². The summed E-state index contributed by atoms with van der Waals surface area (Å²) in [7, 11) is 3.36. The molecule has 0 unspecified atom stereocenters. The molecule has 0 amide bonds. The largest absolute Gasteiger partial charge is 0.500 e. The molecule has 0 spiro atoms. The van der Waals surface area contributed by atoms with E-state index in [1.807, 2.05) is 25.2 Å². The molecule has 66 valence electrons. The number of allylic oxidation sites excluding steroid dienone is 4. The lowest BCUT2D eigenvalue weighted by atomic mass is 10.2. The van der Waals surface area contributed by atoms with Gasteiger partial charge in [-0.15, -0.1) is 0 Å². The summed E-state index contributed by atoms with van der Waals surface area (Å²) in [6.07, 6.45) is 6.80. The van der Waals surface area contributed by atoms with Crippen molar-refractivity contribution in [1.82, 2.24) is 0 Å². The SMILES string of the molecule is COC1=CC(C)=C(OC)CC=C1. The van der Waals surface area contributed by atoms with Crippen molar-refractivity contribution < 1.29 is 9.47 Å². The van der Waals surface area contributed by atoms with Gasteiger partial charge < -0.3 is 9.47 Å². The number of hydrogen-bond acceptors (Lipinski definition) is 2. The average molecular weight is 166 g/mol. The maximum absolute atomic E-state index is 5.20. The van der Waals surface area contributed by atoms with Gasteiger partial charge >= 0.3 is 0 Å². The summed E-state index contributed by atoms with van der Waals surface area (Å²) >= 11 is 0. The molecule has 0 saturated carbocycles. The van der Waals surface area contributed by atoms with E-state index < -0.39 is 0 Å².